The van der Waals surface area contributed by atoms with Crippen LogP contribution < -0.4 is 4.72 Å². The summed E-state index contributed by atoms with van der Waals surface area (Å²) in [6.07, 6.45) is 0. The smallest absolute Gasteiger partial charge is 0.262 e. The van der Waals surface area contributed by atoms with Gasteiger partial charge in [0.1, 0.15) is 0 Å². The maximum Gasteiger partial charge on any atom is 0.262 e. The number of aromatic amines is 1. The molecule has 1 aromatic carbocycles. The maximum absolute atomic E-state index is 12.5. The van der Waals surface area contributed by atoms with Crippen molar-refractivity contribution < 1.29 is 13.5 Å². The molecule has 2 aromatic rings. The molecule has 0 fully saturated rings. The number of sulfonamides is 1. The van der Waals surface area contributed by atoms with E-state index in [2.05, 4.69) is 14.9 Å². The molecule has 7 heteroatoms. The Morgan fingerprint density at radius 3 is 2.55 bits per heavy atom. The number of hydrogen-bond donors (Lipinski definition) is 3. The number of hydrogen-bond acceptors (Lipinski definition) is 4. The summed E-state index contributed by atoms with van der Waals surface area (Å²) in [5.41, 5.74) is 2.87. The molecule has 20 heavy (non-hydrogen) atoms. The number of benzene rings is 1. The van der Waals surface area contributed by atoms with Crippen LogP contribution in [0.5, 0.6) is 0 Å². The Morgan fingerprint density at radius 1 is 1.30 bits per heavy atom. The molecule has 0 unspecified atom stereocenters. The fourth-order valence-electron chi connectivity index (χ4n) is 1.92. The lowest BCUT2D eigenvalue weighted by atomic mass is 10.2. The molecule has 2 rings (SSSR count). The SMILES string of the molecule is Cc1ccc(CO)cc1S(=O)(=O)Nc1c(C)n[nH]c1C. The van der Waals surface area contributed by atoms with E-state index >= 15 is 0 Å². The van der Waals surface area contributed by atoms with Gasteiger partial charge in [-0.15, -0.1) is 0 Å². The van der Waals surface area contributed by atoms with E-state index < -0.39 is 10.0 Å². The van der Waals surface area contributed by atoms with Crippen LogP contribution in [0.25, 0.3) is 0 Å². The third-order valence-corrected chi connectivity index (χ3v) is 4.58. The van der Waals surface area contributed by atoms with Gasteiger partial charge >= 0.3 is 0 Å². The molecule has 0 spiro atoms. The minimum absolute atomic E-state index is 0.157. The third kappa shape index (κ3) is 2.68. The summed E-state index contributed by atoms with van der Waals surface area (Å²) in [5, 5.41) is 15.8. The van der Waals surface area contributed by atoms with Gasteiger partial charge in [0.05, 0.1) is 28.6 Å². The van der Waals surface area contributed by atoms with E-state index in [1.54, 1.807) is 32.9 Å². The van der Waals surface area contributed by atoms with Gasteiger partial charge in [0.15, 0.2) is 0 Å². The fraction of sp³-hybridized carbons (Fsp3) is 0.308. The Bertz CT molecular complexity index is 716. The van der Waals surface area contributed by atoms with E-state index in [4.69, 9.17) is 5.11 Å². The van der Waals surface area contributed by atoms with Crippen molar-refractivity contribution in [2.45, 2.75) is 32.3 Å². The number of rotatable bonds is 4. The van der Waals surface area contributed by atoms with Gasteiger partial charge in [-0.05, 0) is 38.0 Å². The van der Waals surface area contributed by atoms with Crippen molar-refractivity contribution in [2.24, 2.45) is 0 Å². The topological polar surface area (TPSA) is 95.1 Å². The lowest BCUT2D eigenvalue weighted by Crippen LogP contribution is -2.15. The van der Waals surface area contributed by atoms with Gasteiger partial charge in [-0.1, -0.05) is 12.1 Å². The summed E-state index contributed by atoms with van der Waals surface area (Å²) in [6.45, 7) is 4.98. The highest BCUT2D eigenvalue weighted by molar-refractivity contribution is 7.92. The van der Waals surface area contributed by atoms with Gasteiger partial charge in [0, 0.05) is 0 Å². The van der Waals surface area contributed by atoms with Gasteiger partial charge in [0.25, 0.3) is 10.0 Å². The third-order valence-electron chi connectivity index (χ3n) is 3.09. The predicted molar refractivity (Wildman–Crippen MR) is 76.0 cm³/mol. The molecule has 3 N–H and O–H groups in total. The zero-order chi connectivity index (χ0) is 14.9. The summed E-state index contributed by atoms with van der Waals surface area (Å²) in [6, 6.07) is 4.85. The molecule has 0 aliphatic rings. The molecule has 0 radical (unpaired) electrons. The summed E-state index contributed by atoms with van der Waals surface area (Å²) >= 11 is 0. The lowest BCUT2D eigenvalue weighted by molar-refractivity contribution is 0.281. The molecule has 6 nitrogen and oxygen atoms in total. The van der Waals surface area contributed by atoms with E-state index in [0.29, 0.717) is 28.2 Å². The average Bonchev–Trinajstić information content (AvgIpc) is 2.70. The molecule has 1 aromatic heterocycles. The summed E-state index contributed by atoms with van der Waals surface area (Å²) in [7, 11) is -3.71. The number of aromatic nitrogens is 2. The highest BCUT2D eigenvalue weighted by atomic mass is 32.2. The van der Waals surface area contributed by atoms with Gasteiger partial charge in [-0.25, -0.2) is 8.42 Å². The first kappa shape index (κ1) is 14.5. The van der Waals surface area contributed by atoms with Crippen molar-refractivity contribution in [1.29, 1.82) is 0 Å². The van der Waals surface area contributed by atoms with Gasteiger partial charge in [-0.2, -0.15) is 5.10 Å². The zero-order valence-electron chi connectivity index (χ0n) is 11.6. The van der Waals surface area contributed by atoms with Gasteiger partial charge in [-0.3, -0.25) is 9.82 Å². The molecule has 1 heterocycles. The molecule has 108 valence electrons. The van der Waals surface area contributed by atoms with E-state index in [1.165, 1.54) is 6.07 Å². The van der Waals surface area contributed by atoms with Crippen LogP contribution in [0.3, 0.4) is 0 Å². The second-order valence-corrected chi connectivity index (χ2v) is 6.32. The summed E-state index contributed by atoms with van der Waals surface area (Å²) in [4.78, 5) is 0.157. The molecular weight excluding hydrogens is 278 g/mol. The van der Waals surface area contributed by atoms with Gasteiger partial charge < -0.3 is 5.11 Å². The molecule has 0 saturated carbocycles. The highest BCUT2D eigenvalue weighted by Gasteiger charge is 2.20. The van der Waals surface area contributed by atoms with E-state index in [-0.39, 0.29) is 11.5 Å². The number of aliphatic hydroxyl groups excluding tert-OH is 1. The first-order valence-electron chi connectivity index (χ1n) is 6.10. The Morgan fingerprint density at radius 2 is 2.00 bits per heavy atom. The van der Waals surface area contributed by atoms with Crippen LogP contribution in [-0.4, -0.2) is 23.7 Å². The fourth-order valence-corrected chi connectivity index (χ4v) is 3.40. The number of aryl methyl sites for hydroxylation is 3. The van der Waals surface area contributed by atoms with Crippen LogP contribution >= 0.6 is 0 Å². The summed E-state index contributed by atoms with van der Waals surface area (Å²) < 4.78 is 27.5. The number of nitrogens with one attached hydrogen (secondary N) is 2. The quantitative estimate of drug-likeness (QED) is 0.799. The molecule has 0 saturated heterocycles. The second-order valence-electron chi connectivity index (χ2n) is 4.67. The normalized spacial score (nSPS) is 11.6. The second kappa shape index (κ2) is 5.26. The van der Waals surface area contributed by atoms with Crippen LogP contribution in [0.4, 0.5) is 5.69 Å². The van der Waals surface area contributed by atoms with Crippen molar-refractivity contribution in [3.8, 4) is 0 Å². The number of aliphatic hydroxyl groups is 1. The largest absolute Gasteiger partial charge is 0.392 e. The van der Waals surface area contributed by atoms with Crippen molar-refractivity contribution in [3.05, 3.63) is 40.7 Å². The minimum atomic E-state index is -3.71. The van der Waals surface area contributed by atoms with E-state index in [9.17, 15) is 8.42 Å². The van der Waals surface area contributed by atoms with Crippen molar-refractivity contribution in [3.63, 3.8) is 0 Å². The monoisotopic (exact) mass is 295 g/mol. The first-order valence-corrected chi connectivity index (χ1v) is 7.58. The van der Waals surface area contributed by atoms with E-state index in [1.807, 2.05) is 0 Å². The van der Waals surface area contributed by atoms with Crippen molar-refractivity contribution in [2.75, 3.05) is 4.72 Å². The number of H-pyrrole nitrogens is 1. The molecule has 0 atom stereocenters. The number of nitrogens with zero attached hydrogens (tertiary/aromatic N) is 1. The van der Waals surface area contributed by atoms with Crippen LogP contribution in [0.2, 0.25) is 0 Å². The Hall–Kier alpha value is -1.86. The molecular formula is C13H17N3O3S. The average molecular weight is 295 g/mol. The Kier molecular flexibility index (Phi) is 3.82. The lowest BCUT2D eigenvalue weighted by Gasteiger charge is -2.11. The number of anilines is 1. The van der Waals surface area contributed by atoms with Gasteiger partial charge in [0.2, 0.25) is 0 Å². The Labute approximate surface area is 117 Å². The van der Waals surface area contributed by atoms with Crippen molar-refractivity contribution >= 4 is 15.7 Å². The highest BCUT2D eigenvalue weighted by Crippen LogP contribution is 2.24. The molecule has 0 bridgehead atoms. The van der Waals surface area contributed by atoms with Crippen LogP contribution in [-0.2, 0) is 16.6 Å². The predicted octanol–water partition coefficient (Wildman–Crippen LogP) is 1.63. The molecule has 0 aliphatic carbocycles. The Balaban J connectivity index is 2.46. The van der Waals surface area contributed by atoms with Crippen LogP contribution in [0, 0.1) is 20.8 Å². The van der Waals surface area contributed by atoms with Crippen LogP contribution in [0.1, 0.15) is 22.5 Å². The minimum Gasteiger partial charge on any atom is -0.392 e. The van der Waals surface area contributed by atoms with Crippen LogP contribution in [0.15, 0.2) is 23.1 Å². The molecule has 0 amide bonds. The van der Waals surface area contributed by atoms with E-state index in [0.717, 1.165) is 0 Å². The van der Waals surface area contributed by atoms with Crippen molar-refractivity contribution in [1.82, 2.24) is 10.2 Å². The molecule has 0 aliphatic heterocycles. The summed E-state index contributed by atoms with van der Waals surface area (Å²) in [5.74, 6) is 0. The zero-order valence-corrected chi connectivity index (χ0v) is 12.4. The first-order chi connectivity index (χ1) is 9.35. The standard InChI is InChI=1S/C13H17N3O3S/c1-8-4-5-11(7-17)6-12(8)20(18,19)16-13-9(2)14-15-10(13)3/h4-6,16-17H,7H2,1-3H3,(H,14,15). The maximum atomic E-state index is 12.5.